The minimum atomic E-state index is 0.436. The molecule has 2 heterocycles. The Bertz CT molecular complexity index is 614. The van der Waals surface area contributed by atoms with Gasteiger partial charge in [-0.05, 0) is 43.1 Å². The number of nitrogens with two attached hydrogens (primary N) is 1. The third kappa shape index (κ3) is 2.67. The van der Waals surface area contributed by atoms with Gasteiger partial charge < -0.3 is 11.1 Å². The van der Waals surface area contributed by atoms with Gasteiger partial charge in [0.1, 0.15) is 10.8 Å². The van der Waals surface area contributed by atoms with E-state index < -0.39 is 0 Å². The van der Waals surface area contributed by atoms with E-state index in [1.807, 2.05) is 6.92 Å². The van der Waals surface area contributed by atoms with E-state index >= 15 is 0 Å². The number of rotatable bonds is 3. The van der Waals surface area contributed by atoms with Gasteiger partial charge in [0.25, 0.3) is 0 Å². The van der Waals surface area contributed by atoms with Crippen LogP contribution in [0.5, 0.6) is 0 Å². The summed E-state index contributed by atoms with van der Waals surface area (Å²) >= 11 is 3.09. The zero-order valence-corrected chi connectivity index (χ0v) is 13.7. The average Bonchev–Trinajstić information content (AvgIpc) is 3.01. The van der Waals surface area contributed by atoms with Crippen molar-refractivity contribution in [3.8, 4) is 11.3 Å². The van der Waals surface area contributed by atoms with Gasteiger partial charge in [-0.1, -0.05) is 13.8 Å². The minimum absolute atomic E-state index is 0.436. The molecule has 2 aromatic heterocycles. The number of hydrogen-bond donors (Lipinski definition) is 2. The summed E-state index contributed by atoms with van der Waals surface area (Å²) in [5.74, 6) is 0.583. The molecule has 108 valence electrons. The largest absolute Gasteiger partial charge is 0.382 e. The lowest BCUT2D eigenvalue weighted by atomic mass is 9.92. The van der Waals surface area contributed by atoms with E-state index in [0.717, 1.165) is 21.3 Å². The first-order chi connectivity index (χ1) is 9.44. The maximum absolute atomic E-state index is 6.03. The fourth-order valence-corrected chi connectivity index (χ4v) is 4.28. The highest BCUT2D eigenvalue weighted by Gasteiger charge is 2.31. The molecule has 1 fully saturated rings. The van der Waals surface area contributed by atoms with Crippen molar-refractivity contribution in [2.24, 2.45) is 5.41 Å². The Morgan fingerprint density at radius 3 is 2.85 bits per heavy atom. The van der Waals surface area contributed by atoms with E-state index in [1.54, 1.807) is 11.3 Å². The second kappa shape index (κ2) is 5.00. The Morgan fingerprint density at radius 1 is 1.45 bits per heavy atom. The second-order valence-corrected chi connectivity index (χ2v) is 8.11. The molecule has 1 unspecified atom stereocenters. The quantitative estimate of drug-likeness (QED) is 0.894. The molecule has 4 nitrogen and oxygen atoms in total. The van der Waals surface area contributed by atoms with Gasteiger partial charge in [0, 0.05) is 11.4 Å². The molecule has 0 amide bonds. The Balaban J connectivity index is 1.85. The van der Waals surface area contributed by atoms with Crippen molar-refractivity contribution in [3.05, 3.63) is 10.4 Å². The summed E-state index contributed by atoms with van der Waals surface area (Å²) in [6.45, 7) is 6.68. The molecule has 0 saturated heterocycles. The Labute approximate surface area is 127 Å². The van der Waals surface area contributed by atoms with Gasteiger partial charge in [-0.25, -0.2) is 4.98 Å². The van der Waals surface area contributed by atoms with Crippen LogP contribution >= 0.6 is 22.9 Å². The fraction of sp³-hybridized carbons (Fsp3) is 0.571. The van der Waals surface area contributed by atoms with E-state index in [1.165, 1.54) is 30.8 Å². The number of nitrogen functional groups attached to an aromatic ring is 1. The van der Waals surface area contributed by atoms with Crippen molar-refractivity contribution in [2.45, 2.75) is 46.1 Å². The van der Waals surface area contributed by atoms with E-state index in [0.29, 0.717) is 17.3 Å². The molecule has 0 aliphatic heterocycles. The van der Waals surface area contributed by atoms with Crippen molar-refractivity contribution in [2.75, 3.05) is 11.1 Å². The summed E-state index contributed by atoms with van der Waals surface area (Å²) in [5, 5.41) is 7.81. The molecule has 1 aliphatic rings. The Morgan fingerprint density at radius 2 is 2.25 bits per heavy atom. The van der Waals surface area contributed by atoms with E-state index in [-0.39, 0.29) is 0 Å². The third-order valence-electron chi connectivity index (χ3n) is 3.90. The maximum atomic E-state index is 6.03. The fourth-order valence-electron chi connectivity index (χ4n) is 2.87. The van der Waals surface area contributed by atoms with Crippen LogP contribution in [0.15, 0.2) is 5.38 Å². The number of aromatic nitrogens is 2. The normalized spacial score (nSPS) is 21.2. The summed E-state index contributed by atoms with van der Waals surface area (Å²) < 4.78 is 4.30. The van der Waals surface area contributed by atoms with Gasteiger partial charge in [0.15, 0.2) is 0 Å². The molecule has 20 heavy (non-hydrogen) atoms. The molecule has 0 bridgehead atoms. The number of hydrogen-bond acceptors (Lipinski definition) is 6. The molecule has 3 N–H and O–H groups in total. The smallest absolute Gasteiger partial charge is 0.148 e. The van der Waals surface area contributed by atoms with Gasteiger partial charge >= 0.3 is 0 Å². The van der Waals surface area contributed by atoms with Crippen molar-refractivity contribution < 1.29 is 0 Å². The van der Waals surface area contributed by atoms with Crippen LogP contribution in [-0.2, 0) is 0 Å². The molecule has 0 aromatic carbocycles. The van der Waals surface area contributed by atoms with Gasteiger partial charge in [0.05, 0.1) is 16.3 Å². The van der Waals surface area contributed by atoms with Gasteiger partial charge in [-0.15, -0.1) is 11.3 Å². The monoisotopic (exact) mass is 308 g/mol. The van der Waals surface area contributed by atoms with Crippen LogP contribution in [0.4, 0.5) is 10.8 Å². The number of aryl methyl sites for hydroxylation is 1. The van der Waals surface area contributed by atoms with Crippen LogP contribution in [0.25, 0.3) is 11.3 Å². The van der Waals surface area contributed by atoms with Crippen molar-refractivity contribution in [1.29, 1.82) is 0 Å². The number of thiazole rings is 1. The van der Waals surface area contributed by atoms with Gasteiger partial charge in [0.2, 0.25) is 0 Å². The first kappa shape index (κ1) is 13.8. The van der Waals surface area contributed by atoms with Gasteiger partial charge in [-0.3, -0.25) is 0 Å². The molecule has 1 aliphatic carbocycles. The predicted octanol–water partition coefficient (Wildman–Crippen LogP) is 4.15. The molecule has 6 heteroatoms. The lowest BCUT2D eigenvalue weighted by Gasteiger charge is -2.18. The SMILES string of the molecule is Cc1nc(-c2c(N)nsc2NC2CCC(C)(C)C2)cs1. The zero-order chi connectivity index (χ0) is 14.3. The number of anilines is 2. The van der Waals surface area contributed by atoms with Crippen LogP contribution in [0.1, 0.15) is 38.1 Å². The molecule has 1 saturated carbocycles. The van der Waals surface area contributed by atoms with Crippen LogP contribution in [-0.4, -0.2) is 15.4 Å². The molecule has 1 atom stereocenters. The molecular weight excluding hydrogens is 288 g/mol. The van der Waals surface area contributed by atoms with E-state index in [9.17, 15) is 0 Å². The highest BCUT2D eigenvalue weighted by atomic mass is 32.1. The van der Waals surface area contributed by atoms with Crippen molar-refractivity contribution in [3.63, 3.8) is 0 Å². The minimum Gasteiger partial charge on any atom is -0.382 e. The average molecular weight is 308 g/mol. The molecule has 3 rings (SSSR count). The first-order valence-electron chi connectivity index (χ1n) is 6.89. The molecule has 2 aromatic rings. The topological polar surface area (TPSA) is 63.8 Å². The molecule has 0 spiro atoms. The Kier molecular flexibility index (Phi) is 3.46. The lowest BCUT2D eigenvalue weighted by molar-refractivity contribution is 0.378. The summed E-state index contributed by atoms with van der Waals surface area (Å²) in [6.07, 6.45) is 3.67. The second-order valence-electron chi connectivity index (χ2n) is 6.27. The molecule has 0 radical (unpaired) electrons. The van der Waals surface area contributed by atoms with Crippen LogP contribution < -0.4 is 11.1 Å². The number of nitrogens with zero attached hydrogens (tertiary/aromatic N) is 2. The summed E-state index contributed by atoms with van der Waals surface area (Å²) in [5.41, 5.74) is 8.39. The Hall–Kier alpha value is -1.14. The highest BCUT2D eigenvalue weighted by molar-refractivity contribution is 7.11. The number of nitrogens with one attached hydrogen (secondary N) is 1. The predicted molar refractivity (Wildman–Crippen MR) is 87.4 cm³/mol. The highest BCUT2D eigenvalue weighted by Crippen LogP contribution is 2.42. The van der Waals surface area contributed by atoms with Gasteiger partial charge in [-0.2, -0.15) is 4.37 Å². The van der Waals surface area contributed by atoms with Crippen LogP contribution in [0.3, 0.4) is 0 Å². The summed E-state index contributed by atoms with van der Waals surface area (Å²) in [7, 11) is 0. The van der Waals surface area contributed by atoms with Crippen molar-refractivity contribution >= 4 is 33.7 Å². The first-order valence-corrected chi connectivity index (χ1v) is 8.54. The van der Waals surface area contributed by atoms with Crippen LogP contribution in [0.2, 0.25) is 0 Å². The van der Waals surface area contributed by atoms with E-state index in [4.69, 9.17) is 5.73 Å². The lowest BCUT2D eigenvalue weighted by Crippen LogP contribution is -2.17. The van der Waals surface area contributed by atoms with Crippen molar-refractivity contribution in [1.82, 2.24) is 9.36 Å². The zero-order valence-electron chi connectivity index (χ0n) is 12.1. The summed E-state index contributed by atoms with van der Waals surface area (Å²) in [6, 6.07) is 0.517. The third-order valence-corrected chi connectivity index (χ3v) is 5.46. The van der Waals surface area contributed by atoms with E-state index in [2.05, 4.69) is 33.9 Å². The van der Waals surface area contributed by atoms with Crippen LogP contribution in [0, 0.1) is 12.3 Å². The maximum Gasteiger partial charge on any atom is 0.148 e. The summed E-state index contributed by atoms with van der Waals surface area (Å²) in [4.78, 5) is 4.54. The standard InChI is InChI=1S/C14H20N4S2/c1-8-16-10(7-19-8)11-12(15)18-20-13(11)17-9-4-5-14(2,3)6-9/h7,9,17H,4-6H2,1-3H3,(H2,15,18). The molecular formula is C14H20N4S2.